The number of piperazine rings is 1. The molecule has 0 unspecified atom stereocenters. The van der Waals surface area contributed by atoms with E-state index in [2.05, 4.69) is 65.8 Å². The minimum atomic E-state index is 0.405. The topological polar surface area (TPSA) is 35.8 Å². The molecule has 1 aliphatic rings. The average Bonchev–Trinajstić information content (AvgIpc) is 3.15. The van der Waals surface area contributed by atoms with Crippen molar-refractivity contribution in [3.05, 3.63) is 46.8 Å². The van der Waals surface area contributed by atoms with Crippen molar-refractivity contribution >= 4 is 17.3 Å². The molecular weight excluding hydrogens is 372 g/mol. The van der Waals surface area contributed by atoms with Crippen molar-refractivity contribution in [1.82, 2.24) is 15.0 Å². The van der Waals surface area contributed by atoms with E-state index in [4.69, 9.17) is 16.1 Å². The quantitative estimate of drug-likeness (QED) is 0.648. The van der Waals surface area contributed by atoms with Gasteiger partial charge in [-0.05, 0) is 44.0 Å². The Hall–Kier alpha value is -1.56. The summed E-state index contributed by atoms with van der Waals surface area (Å²) < 4.78 is 5.55. The van der Waals surface area contributed by atoms with E-state index in [0.717, 1.165) is 62.3 Å². The highest BCUT2D eigenvalue weighted by molar-refractivity contribution is 6.30. The molecule has 0 atom stereocenters. The van der Waals surface area contributed by atoms with E-state index < -0.39 is 0 Å². The van der Waals surface area contributed by atoms with Gasteiger partial charge in [0.15, 0.2) is 5.76 Å². The fourth-order valence-corrected chi connectivity index (χ4v) is 3.67. The highest BCUT2D eigenvalue weighted by atomic mass is 35.5. The van der Waals surface area contributed by atoms with Crippen LogP contribution in [0.25, 0.3) is 0 Å². The summed E-state index contributed by atoms with van der Waals surface area (Å²) in [6.45, 7) is 16.0. The first-order valence-corrected chi connectivity index (χ1v) is 10.7. The summed E-state index contributed by atoms with van der Waals surface area (Å²) in [6.07, 6.45) is 0. The summed E-state index contributed by atoms with van der Waals surface area (Å²) in [4.78, 5) is 7.47. The summed E-state index contributed by atoms with van der Waals surface area (Å²) in [5, 5.41) is 4.99. The molecule has 1 aromatic heterocycles. The predicted octanol–water partition coefficient (Wildman–Crippen LogP) is 4.48. The second kappa shape index (κ2) is 9.77. The minimum Gasteiger partial charge on any atom is -0.369 e. The Labute approximate surface area is 174 Å². The van der Waals surface area contributed by atoms with Gasteiger partial charge in [-0.2, -0.15) is 0 Å². The molecule has 5 nitrogen and oxygen atoms in total. The summed E-state index contributed by atoms with van der Waals surface area (Å²) in [5.74, 6) is 1.37. The maximum atomic E-state index is 6.00. The van der Waals surface area contributed by atoms with Gasteiger partial charge in [-0.15, -0.1) is 0 Å². The Balaban J connectivity index is 1.47. The molecule has 0 saturated carbocycles. The van der Waals surface area contributed by atoms with E-state index in [1.54, 1.807) is 0 Å². The molecular formula is C22H33ClN4O. The van der Waals surface area contributed by atoms with E-state index in [9.17, 15) is 0 Å². The molecule has 2 heterocycles. The van der Waals surface area contributed by atoms with Crippen molar-refractivity contribution in [3.8, 4) is 0 Å². The first-order valence-electron chi connectivity index (χ1n) is 10.3. The second-order valence-corrected chi connectivity index (χ2v) is 8.68. The summed E-state index contributed by atoms with van der Waals surface area (Å²) >= 11 is 6.00. The fourth-order valence-electron chi connectivity index (χ4n) is 3.55. The highest BCUT2D eigenvalue weighted by Crippen LogP contribution is 2.20. The van der Waals surface area contributed by atoms with Gasteiger partial charge >= 0.3 is 0 Å². The van der Waals surface area contributed by atoms with Crippen molar-refractivity contribution < 1.29 is 4.52 Å². The third-order valence-electron chi connectivity index (χ3n) is 5.53. The Morgan fingerprint density at radius 1 is 1.07 bits per heavy atom. The molecule has 1 fully saturated rings. The molecule has 0 radical (unpaired) electrons. The first-order chi connectivity index (χ1) is 13.4. The van der Waals surface area contributed by atoms with Gasteiger partial charge in [0, 0.05) is 62.1 Å². The van der Waals surface area contributed by atoms with E-state index in [1.165, 1.54) is 5.69 Å². The number of benzene rings is 1. The van der Waals surface area contributed by atoms with Crippen LogP contribution in [0.5, 0.6) is 0 Å². The molecule has 1 saturated heterocycles. The zero-order valence-corrected chi connectivity index (χ0v) is 18.3. The lowest BCUT2D eigenvalue weighted by Crippen LogP contribution is -2.49. The Morgan fingerprint density at radius 2 is 1.75 bits per heavy atom. The molecule has 1 aromatic carbocycles. The average molecular weight is 405 g/mol. The molecule has 28 heavy (non-hydrogen) atoms. The van der Waals surface area contributed by atoms with Crippen LogP contribution >= 0.6 is 11.6 Å². The van der Waals surface area contributed by atoms with E-state index in [0.29, 0.717) is 12.0 Å². The Morgan fingerprint density at radius 3 is 2.32 bits per heavy atom. The molecule has 1 aliphatic heterocycles. The molecule has 0 amide bonds. The van der Waals surface area contributed by atoms with Crippen molar-refractivity contribution in [2.45, 2.75) is 46.2 Å². The van der Waals surface area contributed by atoms with E-state index in [-0.39, 0.29) is 0 Å². The molecule has 6 heteroatoms. The van der Waals surface area contributed by atoms with Crippen LogP contribution in [-0.2, 0) is 6.54 Å². The highest BCUT2D eigenvalue weighted by Gasteiger charge is 2.20. The smallest absolute Gasteiger partial charge is 0.150 e. The van der Waals surface area contributed by atoms with Crippen LogP contribution in [0.1, 0.15) is 45.1 Å². The molecule has 0 spiro atoms. The second-order valence-electron chi connectivity index (χ2n) is 8.24. The molecule has 0 N–H and O–H groups in total. The van der Waals surface area contributed by atoms with Crippen LogP contribution in [0.4, 0.5) is 5.69 Å². The summed E-state index contributed by atoms with van der Waals surface area (Å²) in [5.41, 5.74) is 2.30. The summed E-state index contributed by atoms with van der Waals surface area (Å²) in [6, 6.07) is 10.7. The van der Waals surface area contributed by atoms with Gasteiger partial charge in [-0.25, -0.2) is 0 Å². The van der Waals surface area contributed by atoms with Gasteiger partial charge in [0.1, 0.15) is 0 Å². The predicted molar refractivity (Wildman–Crippen MR) is 116 cm³/mol. The van der Waals surface area contributed by atoms with Gasteiger partial charge < -0.3 is 9.42 Å². The zero-order valence-electron chi connectivity index (χ0n) is 17.6. The van der Waals surface area contributed by atoms with Gasteiger partial charge in [-0.3, -0.25) is 9.80 Å². The van der Waals surface area contributed by atoms with Crippen molar-refractivity contribution in [2.75, 3.05) is 44.2 Å². The van der Waals surface area contributed by atoms with Crippen LogP contribution in [0.3, 0.4) is 0 Å². The molecule has 0 aliphatic carbocycles. The Kier molecular flexibility index (Phi) is 7.38. The normalized spacial score (nSPS) is 15.9. The zero-order chi connectivity index (χ0) is 20.1. The lowest BCUT2D eigenvalue weighted by molar-refractivity contribution is 0.151. The molecule has 2 aromatic rings. The van der Waals surface area contributed by atoms with Gasteiger partial charge in [0.25, 0.3) is 0 Å². The van der Waals surface area contributed by atoms with Crippen molar-refractivity contribution in [1.29, 1.82) is 0 Å². The van der Waals surface area contributed by atoms with E-state index >= 15 is 0 Å². The summed E-state index contributed by atoms with van der Waals surface area (Å²) in [7, 11) is 0. The fraction of sp³-hybridized carbons (Fsp3) is 0.591. The van der Waals surface area contributed by atoms with Crippen LogP contribution in [-0.4, -0.2) is 60.3 Å². The monoisotopic (exact) mass is 404 g/mol. The van der Waals surface area contributed by atoms with Crippen LogP contribution in [0.2, 0.25) is 5.02 Å². The maximum absolute atomic E-state index is 6.00. The lowest BCUT2D eigenvalue weighted by atomic mass is 10.1. The maximum Gasteiger partial charge on any atom is 0.150 e. The first kappa shape index (κ1) is 21.2. The van der Waals surface area contributed by atoms with Crippen LogP contribution in [0.15, 0.2) is 34.9 Å². The van der Waals surface area contributed by atoms with Gasteiger partial charge in [0.2, 0.25) is 0 Å². The van der Waals surface area contributed by atoms with Crippen molar-refractivity contribution in [2.24, 2.45) is 0 Å². The molecule has 154 valence electrons. The number of halogens is 1. The standard InChI is InChI=1S/C22H33ClN4O/c1-17(2)22-15-21(28-24-22)16-27(18(3)4)14-11-25-9-12-26(13-10-25)20-7-5-19(23)6-8-20/h5-8,15,17-18H,9-14,16H2,1-4H3. The lowest BCUT2D eigenvalue weighted by Gasteiger charge is -2.37. The number of anilines is 1. The minimum absolute atomic E-state index is 0.405. The van der Waals surface area contributed by atoms with Crippen LogP contribution in [0, 0.1) is 0 Å². The van der Waals surface area contributed by atoms with Gasteiger partial charge in [-0.1, -0.05) is 30.6 Å². The third-order valence-corrected chi connectivity index (χ3v) is 5.78. The third kappa shape index (κ3) is 5.72. The van der Waals surface area contributed by atoms with Gasteiger partial charge in [0.05, 0.1) is 12.2 Å². The van der Waals surface area contributed by atoms with E-state index in [1.807, 2.05) is 12.1 Å². The number of rotatable bonds is 8. The Bertz CT molecular complexity index is 720. The number of hydrogen-bond acceptors (Lipinski definition) is 5. The SMILES string of the molecule is CC(C)c1cc(CN(CCN2CCN(c3ccc(Cl)cc3)CC2)C(C)C)on1. The van der Waals surface area contributed by atoms with Crippen molar-refractivity contribution in [3.63, 3.8) is 0 Å². The number of aromatic nitrogens is 1. The number of hydrogen-bond donors (Lipinski definition) is 0. The molecule has 0 bridgehead atoms. The molecule has 3 rings (SSSR count). The number of nitrogens with zero attached hydrogens (tertiary/aromatic N) is 4. The van der Waals surface area contributed by atoms with Crippen LogP contribution < -0.4 is 4.90 Å². The largest absolute Gasteiger partial charge is 0.369 e.